The van der Waals surface area contributed by atoms with E-state index in [9.17, 15) is 4.79 Å². The maximum atomic E-state index is 11.9. The molecule has 17 heavy (non-hydrogen) atoms. The Labute approximate surface area is 104 Å². The highest BCUT2D eigenvalue weighted by Crippen LogP contribution is 2.31. The molecule has 1 heterocycles. The average Bonchev–Trinajstić information content (AvgIpc) is 2.78. The van der Waals surface area contributed by atoms with Crippen LogP contribution in [0, 0.1) is 0 Å². The van der Waals surface area contributed by atoms with Gasteiger partial charge in [-0.15, -0.1) is 0 Å². The van der Waals surface area contributed by atoms with Gasteiger partial charge < -0.3 is 0 Å². The van der Waals surface area contributed by atoms with Crippen molar-refractivity contribution >= 4 is 17.4 Å². The fourth-order valence-corrected chi connectivity index (χ4v) is 2.46. The zero-order chi connectivity index (χ0) is 11.8. The summed E-state index contributed by atoms with van der Waals surface area (Å²) in [5.74, 6) is 0.396. The number of Topliss-reactive ketones (excluding diaryl/α,β-unsaturated/α-hetero) is 1. The number of hydrogen-bond acceptors (Lipinski definition) is 2. The summed E-state index contributed by atoms with van der Waals surface area (Å²) in [4.78, 5) is 11.9. The standard InChI is InChI=1S/C13H11ClN2O/c14-10-3-1-8(2-4-10)9-5-12-11(7-15-16-12)13(17)6-9/h1-4,7,9H,5-6H2,(H,15,16)/t9-/m0/s1. The summed E-state index contributed by atoms with van der Waals surface area (Å²) < 4.78 is 0. The summed E-state index contributed by atoms with van der Waals surface area (Å²) in [5.41, 5.74) is 2.85. The molecule has 0 saturated heterocycles. The molecule has 0 spiro atoms. The summed E-state index contributed by atoms with van der Waals surface area (Å²) in [6, 6.07) is 7.71. The molecule has 1 atom stereocenters. The summed E-state index contributed by atoms with van der Waals surface area (Å²) in [5, 5.41) is 7.55. The Hall–Kier alpha value is -1.61. The Morgan fingerprint density at radius 3 is 2.76 bits per heavy atom. The molecule has 1 N–H and O–H groups in total. The highest BCUT2D eigenvalue weighted by atomic mass is 35.5. The number of aromatic nitrogens is 2. The van der Waals surface area contributed by atoms with Gasteiger partial charge >= 0.3 is 0 Å². The third kappa shape index (κ3) is 1.87. The van der Waals surface area contributed by atoms with Crippen LogP contribution in [0.5, 0.6) is 0 Å². The van der Waals surface area contributed by atoms with Crippen molar-refractivity contribution in [1.29, 1.82) is 0 Å². The topological polar surface area (TPSA) is 45.8 Å². The minimum Gasteiger partial charge on any atom is -0.294 e. The number of carbonyl (C=O) groups is 1. The van der Waals surface area contributed by atoms with Crippen LogP contribution in [0.15, 0.2) is 30.5 Å². The maximum Gasteiger partial charge on any atom is 0.166 e. The first-order valence-corrected chi connectivity index (χ1v) is 5.93. The van der Waals surface area contributed by atoms with Crippen molar-refractivity contribution in [3.63, 3.8) is 0 Å². The lowest BCUT2D eigenvalue weighted by atomic mass is 9.83. The zero-order valence-corrected chi connectivity index (χ0v) is 9.87. The summed E-state index contributed by atoms with van der Waals surface area (Å²) in [7, 11) is 0. The van der Waals surface area contributed by atoms with Crippen LogP contribution in [-0.2, 0) is 6.42 Å². The first-order valence-electron chi connectivity index (χ1n) is 5.55. The van der Waals surface area contributed by atoms with Crippen molar-refractivity contribution in [2.24, 2.45) is 0 Å². The molecule has 0 amide bonds. The predicted molar refractivity (Wildman–Crippen MR) is 65.4 cm³/mol. The molecule has 4 heteroatoms. The van der Waals surface area contributed by atoms with Crippen molar-refractivity contribution in [2.75, 3.05) is 0 Å². The third-order valence-electron chi connectivity index (χ3n) is 3.24. The minimum absolute atomic E-state index is 0.167. The van der Waals surface area contributed by atoms with Crippen LogP contribution in [0.4, 0.5) is 0 Å². The van der Waals surface area contributed by atoms with Gasteiger partial charge in [-0.3, -0.25) is 9.89 Å². The molecule has 0 fully saturated rings. The monoisotopic (exact) mass is 246 g/mol. The van der Waals surface area contributed by atoms with Crippen LogP contribution in [-0.4, -0.2) is 16.0 Å². The average molecular weight is 247 g/mol. The fraction of sp³-hybridized carbons (Fsp3) is 0.231. The molecule has 1 aliphatic rings. The highest BCUT2D eigenvalue weighted by Gasteiger charge is 2.27. The number of fused-ring (bicyclic) bond motifs is 1. The SMILES string of the molecule is O=C1C[C@@H](c2ccc(Cl)cc2)Cc2[nH]ncc21. The van der Waals surface area contributed by atoms with Gasteiger partial charge in [0.05, 0.1) is 11.8 Å². The molecule has 0 bridgehead atoms. The van der Waals surface area contributed by atoms with Gasteiger partial charge in [0.1, 0.15) is 0 Å². The predicted octanol–water partition coefficient (Wildman–Crippen LogP) is 2.98. The third-order valence-corrected chi connectivity index (χ3v) is 3.49. The van der Waals surface area contributed by atoms with E-state index in [0.717, 1.165) is 28.3 Å². The second kappa shape index (κ2) is 4.00. The van der Waals surface area contributed by atoms with Crippen LogP contribution in [0.25, 0.3) is 0 Å². The molecule has 1 aromatic carbocycles. The van der Waals surface area contributed by atoms with Crippen molar-refractivity contribution in [3.05, 3.63) is 52.3 Å². The van der Waals surface area contributed by atoms with Gasteiger partial charge in [-0.1, -0.05) is 23.7 Å². The van der Waals surface area contributed by atoms with Gasteiger partial charge in [0.2, 0.25) is 0 Å². The molecule has 0 radical (unpaired) electrons. The lowest BCUT2D eigenvalue weighted by molar-refractivity contribution is 0.0964. The Morgan fingerprint density at radius 1 is 1.24 bits per heavy atom. The molecule has 86 valence electrons. The van der Waals surface area contributed by atoms with Gasteiger partial charge in [-0.25, -0.2) is 0 Å². The number of rotatable bonds is 1. The first-order chi connectivity index (χ1) is 8.24. The quantitative estimate of drug-likeness (QED) is 0.841. The zero-order valence-electron chi connectivity index (χ0n) is 9.11. The van der Waals surface area contributed by atoms with E-state index in [1.165, 1.54) is 0 Å². The van der Waals surface area contributed by atoms with E-state index < -0.39 is 0 Å². The number of ketones is 1. The van der Waals surface area contributed by atoms with Gasteiger partial charge in [0.25, 0.3) is 0 Å². The second-order valence-electron chi connectivity index (χ2n) is 4.34. The van der Waals surface area contributed by atoms with E-state index in [2.05, 4.69) is 10.2 Å². The van der Waals surface area contributed by atoms with Gasteiger partial charge in [-0.05, 0) is 30.0 Å². The van der Waals surface area contributed by atoms with Crippen molar-refractivity contribution in [1.82, 2.24) is 10.2 Å². The number of H-pyrrole nitrogens is 1. The summed E-state index contributed by atoms with van der Waals surface area (Å²) in [6.45, 7) is 0. The molecule has 0 aliphatic heterocycles. The van der Waals surface area contributed by atoms with E-state index in [0.29, 0.717) is 6.42 Å². The Morgan fingerprint density at radius 2 is 2.00 bits per heavy atom. The van der Waals surface area contributed by atoms with Crippen LogP contribution in [0.1, 0.15) is 34.0 Å². The van der Waals surface area contributed by atoms with Gasteiger partial charge in [0.15, 0.2) is 5.78 Å². The van der Waals surface area contributed by atoms with Gasteiger partial charge in [0, 0.05) is 17.1 Å². The largest absolute Gasteiger partial charge is 0.294 e. The number of halogens is 1. The number of hydrogen-bond donors (Lipinski definition) is 1. The molecule has 1 aromatic heterocycles. The molecule has 0 saturated carbocycles. The molecular formula is C13H11ClN2O. The van der Waals surface area contributed by atoms with Crippen LogP contribution < -0.4 is 0 Å². The van der Waals surface area contributed by atoms with E-state index in [1.54, 1.807) is 6.20 Å². The second-order valence-corrected chi connectivity index (χ2v) is 4.78. The Bertz CT molecular complexity index is 559. The normalized spacial score (nSPS) is 19.1. The summed E-state index contributed by atoms with van der Waals surface area (Å²) >= 11 is 5.86. The highest BCUT2D eigenvalue weighted by molar-refractivity contribution is 6.30. The van der Waals surface area contributed by atoms with Crippen LogP contribution in [0.2, 0.25) is 5.02 Å². The number of benzene rings is 1. The minimum atomic E-state index is 0.167. The van der Waals surface area contributed by atoms with Crippen molar-refractivity contribution in [3.8, 4) is 0 Å². The lowest BCUT2D eigenvalue weighted by Crippen LogP contribution is -2.17. The van der Waals surface area contributed by atoms with Crippen LogP contribution in [0.3, 0.4) is 0 Å². The number of aromatic amines is 1. The molecule has 3 rings (SSSR count). The summed E-state index contributed by atoms with van der Waals surface area (Å²) in [6.07, 6.45) is 3.01. The van der Waals surface area contributed by atoms with Crippen molar-refractivity contribution < 1.29 is 4.79 Å². The lowest BCUT2D eigenvalue weighted by Gasteiger charge is -2.21. The molecule has 1 aliphatic carbocycles. The van der Waals surface area contributed by atoms with E-state index in [1.807, 2.05) is 24.3 Å². The molecule has 0 unspecified atom stereocenters. The molecule has 3 nitrogen and oxygen atoms in total. The van der Waals surface area contributed by atoms with Gasteiger partial charge in [-0.2, -0.15) is 5.10 Å². The molecular weight excluding hydrogens is 236 g/mol. The fourth-order valence-electron chi connectivity index (χ4n) is 2.33. The number of carbonyl (C=O) groups excluding carboxylic acids is 1. The Balaban J connectivity index is 1.93. The van der Waals surface area contributed by atoms with E-state index in [-0.39, 0.29) is 11.7 Å². The number of nitrogens with one attached hydrogen (secondary N) is 1. The number of nitrogens with zero attached hydrogens (tertiary/aromatic N) is 1. The smallest absolute Gasteiger partial charge is 0.166 e. The van der Waals surface area contributed by atoms with Crippen molar-refractivity contribution in [2.45, 2.75) is 18.8 Å². The Kier molecular flexibility index (Phi) is 2.48. The van der Waals surface area contributed by atoms with Crippen LogP contribution >= 0.6 is 11.6 Å². The van der Waals surface area contributed by atoms with E-state index >= 15 is 0 Å². The first kappa shape index (κ1) is 10.5. The molecule has 2 aromatic rings. The van der Waals surface area contributed by atoms with E-state index in [4.69, 9.17) is 11.6 Å². The maximum absolute atomic E-state index is 11.9.